The van der Waals surface area contributed by atoms with Crippen LogP contribution < -0.4 is 15.4 Å². The molecule has 1 saturated carbocycles. The van der Waals surface area contributed by atoms with Gasteiger partial charge in [-0.1, -0.05) is 24.3 Å². The lowest BCUT2D eigenvalue weighted by molar-refractivity contribution is -0.125. The van der Waals surface area contributed by atoms with Crippen molar-refractivity contribution in [3.05, 3.63) is 59.9 Å². The third kappa shape index (κ3) is 4.39. The smallest absolute Gasteiger partial charge is 0.228 e. The molecule has 2 N–H and O–H groups in total. The maximum absolute atomic E-state index is 12.9. The van der Waals surface area contributed by atoms with Crippen molar-refractivity contribution in [2.75, 3.05) is 19.0 Å². The normalized spacial score (nSPS) is 18.1. The Bertz CT molecular complexity index is 792. The summed E-state index contributed by atoms with van der Waals surface area (Å²) in [5.74, 6) is -0.592. The highest BCUT2D eigenvalue weighted by Crippen LogP contribution is 2.40. The number of anilines is 1. The minimum absolute atomic E-state index is 0.118. The number of halogens is 1. The number of rotatable bonds is 7. The van der Waals surface area contributed by atoms with E-state index in [1.54, 1.807) is 31.4 Å². The minimum atomic E-state index is -0.314. The monoisotopic (exact) mass is 356 g/mol. The zero-order valence-corrected chi connectivity index (χ0v) is 14.5. The van der Waals surface area contributed by atoms with Crippen LogP contribution in [0.2, 0.25) is 0 Å². The van der Waals surface area contributed by atoms with Gasteiger partial charge in [-0.15, -0.1) is 0 Å². The number of hydrogen-bond donors (Lipinski definition) is 2. The Labute approximate surface area is 151 Å². The van der Waals surface area contributed by atoms with E-state index >= 15 is 0 Å². The van der Waals surface area contributed by atoms with Gasteiger partial charge in [0.05, 0.1) is 24.6 Å². The first-order chi connectivity index (χ1) is 12.6. The largest absolute Gasteiger partial charge is 0.495 e. The van der Waals surface area contributed by atoms with Gasteiger partial charge in [-0.3, -0.25) is 9.59 Å². The maximum Gasteiger partial charge on any atom is 0.228 e. The summed E-state index contributed by atoms with van der Waals surface area (Å²) in [4.78, 5) is 24.5. The number of carbonyl (C=O) groups excluding carboxylic acids is 2. The second-order valence-electron chi connectivity index (χ2n) is 6.31. The summed E-state index contributed by atoms with van der Waals surface area (Å²) in [5, 5.41) is 5.66. The van der Waals surface area contributed by atoms with Crippen LogP contribution in [0.4, 0.5) is 10.1 Å². The van der Waals surface area contributed by atoms with Crippen molar-refractivity contribution in [2.45, 2.75) is 12.8 Å². The summed E-state index contributed by atoms with van der Waals surface area (Å²) in [7, 11) is 1.54. The Morgan fingerprint density at radius 1 is 1.08 bits per heavy atom. The van der Waals surface area contributed by atoms with Crippen LogP contribution >= 0.6 is 0 Å². The number of nitrogens with one attached hydrogen (secondary N) is 2. The minimum Gasteiger partial charge on any atom is -0.495 e. The highest BCUT2D eigenvalue weighted by molar-refractivity contribution is 6.00. The fourth-order valence-corrected chi connectivity index (χ4v) is 2.86. The van der Waals surface area contributed by atoms with Gasteiger partial charge in [0.2, 0.25) is 11.8 Å². The van der Waals surface area contributed by atoms with Gasteiger partial charge >= 0.3 is 0 Å². The molecule has 0 heterocycles. The molecule has 0 saturated heterocycles. The summed E-state index contributed by atoms with van der Waals surface area (Å²) in [6.07, 6.45) is 1.17. The molecule has 2 unspecified atom stereocenters. The maximum atomic E-state index is 12.9. The number of methoxy groups -OCH3 is 1. The van der Waals surface area contributed by atoms with Gasteiger partial charge in [0.15, 0.2) is 0 Å². The standard InChI is InChI=1S/C20H21FN2O3/c1-26-18-5-3-2-4-17(18)23-20(25)16-12-15(16)19(24)22-11-10-13-6-8-14(21)9-7-13/h2-9,15-16H,10-12H2,1H3,(H,22,24)(H,23,25). The Morgan fingerprint density at radius 3 is 2.50 bits per heavy atom. The number of amides is 2. The number of para-hydroxylation sites is 2. The van der Waals surface area contributed by atoms with Gasteiger partial charge in [-0.25, -0.2) is 4.39 Å². The second kappa shape index (κ2) is 7.99. The average molecular weight is 356 g/mol. The lowest BCUT2D eigenvalue weighted by Crippen LogP contribution is -2.29. The first-order valence-corrected chi connectivity index (χ1v) is 8.54. The van der Waals surface area contributed by atoms with E-state index in [0.717, 1.165) is 5.56 Å². The molecule has 136 valence electrons. The molecule has 0 radical (unpaired) electrons. The van der Waals surface area contributed by atoms with Crippen LogP contribution in [0.15, 0.2) is 48.5 Å². The number of ether oxygens (including phenoxy) is 1. The SMILES string of the molecule is COc1ccccc1NC(=O)C1CC1C(=O)NCCc1ccc(F)cc1. The van der Waals surface area contributed by atoms with Crippen molar-refractivity contribution in [3.8, 4) is 5.75 Å². The first-order valence-electron chi connectivity index (χ1n) is 8.54. The van der Waals surface area contributed by atoms with E-state index in [1.807, 2.05) is 12.1 Å². The Morgan fingerprint density at radius 2 is 1.77 bits per heavy atom. The third-order valence-corrected chi connectivity index (χ3v) is 4.45. The van der Waals surface area contributed by atoms with E-state index in [1.165, 1.54) is 12.1 Å². The molecule has 0 aromatic heterocycles. The van der Waals surface area contributed by atoms with Crippen molar-refractivity contribution < 1.29 is 18.7 Å². The van der Waals surface area contributed by atoms with Crippen molar-refractivity contribution in [1.82, 2.24) is 5.32 Å². The van der Waals surface area contributed by atoms with Gasteiger partial charge in [-0.05, 0) is 42.7 Å². The lowest BCUT2D eigenvalue weighted by atomic mass is 10.1. The van der Waals surface area contributed by atoms with Crippen molar-refractivity contribution >= 4 is 17.5 Å². The molecule has 2 amide bonds. The molecule has 0 spiro atoms. The van der Waals surface area contributed by atoms with Crippen LogP contribution in [-0.4, -0.2) is 25.5 Å². The van der Waals surface area contributed by atoms with Crippen LogP contribution in [0.5, 0.6) is 5.75 Å². The Kier molecular flexibility index (Phi) is 5.51. The third-order valence-electron chi connectivity index (χ3n) is 4.45. The predicted octanol–water partition coefficient (Wildman–Crippen LogP) is 2.77. The second-order valence-corrected chi connectivity index (χ2v) is 6.31. The number of carbonyl (C=O) groups is 2. The molecule has 26 heavy (non-hydrogen) atoms. The molecule has 2 aromatic carbocycles. The zero-order valence-electron chi connectivity index (χ0n) is 14.5. The van der Waals surface area contributed by atoms with Crippen molar-refractivity contribution in [1.29, 1.82) is 0 Å². The quantitative estimate of drug-likeness (QED) is 0.802. The van der Waals surface area contributed by atoms with Crippen LogP contribution in [0.1, 0.15) is 12.0 Å². The molecular weight excluding hydrogens is 335 g/mol. The highest BCUT2D eigenvalue weighted by Gasteiger charge is 2.48. The van der Waals surface area contributed by atoms with Crippen LogP contribution in [0.25, 0.3) is 0 Å². The molecule has 6 heteroatoms. The summed E-state index contributed by atoms with van der Waals surface area (Å²) in [6, 6.07) is 13.4. The van der Waals surface area contributed by atoms with Gasteiger partial charge in [0.1, 0.15) is 11.6 Å². The van der Waals surface area contributed by atoms with Crippen molar-refractivity contribution in [3.63, 3.8) is 0 Å². The number of benzene rings is 2. The van der Waals surface area contributed by atoms with E-state index < -0.39 is 0 Å². The fraction of sp³-hybridized carbons (Fsp3) is 0.300. The molecule has 0 bridgehead atoms. The molecule has 5 nitrogen and oxygen atoms in total. The summed E-state index contributed by atoms with van der Waals surface area (Å²) in [5.41, 5.74) is 1.55. The molecular formula is C20H21FN2O3. The first kappa shape index (κ1) is 17.9. The van der Waals surface area contributed by atoms with Gasteiger partial charge in [0.25, 0.3) is 0 Å². The van der Waals surface area contributed by atoms with E-state index in [-0.39, 0.29) is 29.5 Å². The number of hydrogen-bond acceptors (Lipinski definition) is 3. The van der Waals surface area contributed by atoms with E-state index in [0.29, 0.717) is 30.8 Å². The highest BCUT2D eigenvalue weighted by atomic mass is 19.1. The molecule has 3 rings (SSSR count). The van der Waals surface area contributed by atoms with Gasteiger partial charge in [-0.2, -0.15) is 0 Å². The average Bonchev–Trinajstić information content (AvgIpc) is 3.45. The van der Waals surface area contributed by atoms with Gasteiger partial charge in [0, 0.05) is 6.54 Å². The van der Waals surface area contributed by atoms with E-state index in [2.05, 4.69) is 10.6 Å². The van der Waals surface area contributed by atoms with Crippen LogP contribution in [0.3, 0.4) is 0 Å². The Balaban J connectivity index is 1.44. The van der Waals surface area contributed by atoms with E-state index in [9.17, 15) is 14.0 Å². The summed E-state index contributed by atoms with van der Waals surface area (Å²) >= 11 is 0. The topological polar surface area (TPSA) is 67.4 Å². The van der Waals surface area contributed by atoms with Gasteiger partial charge < -0.3 is 15.4 Å². The Hall–Kier alpha value is -2.89. The molecule has 2 atom stereocenters. The fourth-order valence-electron chi connectivity index (χ4n) is 2.86. The summed E-state index contributed by atoms with van der Waals surface area (Å²) in [6.45, 7) is 0.460. The lowest BCUT2D eigenvalue weighted by Gasteiger charge is -2.09. The molecule has 0 aliphatic heterocycles. The van der Waals surface area contributed by atoms with Crippen LogP contribution in [-0.2, 0) is 16.0 Å². The predicted molar refractivity (Wildman–Crippen MR) is 96.3 cm³/mol. The molecule has 2 aromatic rings. The van der Waals surface area contributed by atoms with Crippen molar-refractivity contribution in [2.24, 2.45) is 11.8 Å². The summed E-state index contributed by atoms with van der Waals surface area (Å²) < 4.78 is 18.1. The van der Waals surface area contributed by atoms with E-state index in [4.69, 9.17) is 4.74 Å². The molecule has 1 aliphatic carbocycles. The molecule has 1 aliphatic rings. The van der Waals surface area contributed by atoms with Crippen LogP contribution in [0, 0.1) is 17.7 Å². The zero-order chi connectivity index (χ0) is 18.5. The molecule has 1 fully saturated rings.